The fraction of sp³-hybridized carbons (Fsp3) is 0.100. The lowest BCUT2D eigenvalue weighted by Crippen LogP contribution is -2.07. The smallest absolute Gasteiger partial charge is 0.182 e. The van der Waals surface area contributed by atoms with Gasteiger partial charge in [0.15, 0.2) is 11.4 Å². The van der Waals surface area contributed by atoms with Crippen LogP contribution < -0.4 is 5.73 Å². The normalized spacial score (nSPS) is 13.3. The van der Waals surface area contributed by atoms with Gasteiger partial charge >= 0.3 is 0 Å². The molecule has 0 saturated carbocycles. The van der Waals surface area contributed by atoms with Crippen molar-refractivity contribution in [3.63, 3.8) is 0 Å². The molecule has 5 rings (SSSR count). The molecule has 0 atom stereocenters. The van der Waals surface area contributed by atoms with Gasteiger partial charge in [0, 0.05) is 34.9 Å². The molecule has 0 saturated heterocycles. The van der Waals surface area contributed by atoms with Crippen LogP contribution in [0.2, 0.25) is 0 Å². The summed E-state index contributed by atoms with van der Waals surface area (Å²) in [4.78, 5) is 21.2. The van der Waals surface area contributed by atoms with E-state index in [1.54, 1.807) is 16.9 Å². The molecule has 1 aromatic carbocycles. The molecule has 26 heavy (non-hydrogen) atoms. The van der Waals surface area contributed by atoms with Crippen LogP contribution in [0.4, 0.5) is 5.82 Å². The molecule has 0 unspecified atom stereocenters. The molecule has 0 amide bonds. The highest BCUT2D eigenvalue weighted by molar-refractivity contribution is 6.00. The number of pyridine rings is 1. The average Bonchev–Trinajstić information content (AvgIpc) is 3.28. The number of hydrogen-bond acceptors (Lipinski definition) is 5. The summed E-state index contributed by atoms with van der Waals surface area (Å²) in [6.07, 6.45) is 4.61. The first-order valence-corrected chi connectivity index (χ1v) is 8.43. The molecule has 126 valence electrons. The number of nitrogens with zero attached hydrogens (tertiary/aromatic N) is 4. The molecule has 0 aliphatic heterocycles. The van der Waals surface area contributed by atoms with Crippen LogP contribution in [-0.2, 0) is 6.42 Å². The number of carbonyl (C=O) groups is 1. The molecule has 6 heteroatoms. The quantitative estimate of drug-likeness (QED) is 0.605. The first-order valence-electron chi connectivity index (χ1n) is 8.43. The Labute approximate surface area is 149 Å². The number of carbonyl (C=O) groups excluding carboxylic acids is 1. The van der Waals surface area contributed by atoms with E-state index in [9.17, 15) is 4.79 Å². The van der Waals surface area contributed by atoms with Crippen molar-refractivity contribution in [1.82, 2.24) is 19.6 Å². The van der Waals surface area contributed by atoms with E-state index in [1.165, 1.54) is 0 Å². The zero-order chi connectivity index (χ0) is 17.7. The summed E-state index contributed by atoms with van der Waals surface area (Å²) in [7, 11) is 0. The predicted octanol–water partition coefficient (Wildman–Crippen LogP) is 3.17. The molecule has 1 aliphatic carbocycles. The van der Waals surface area contributed by atoms with Gasteiger partial charge in [-0.1, -0.05) is 36.4 Å². The summed E-state index contributed by atoms with van der Waals surface area (Å²) >= 11 is 0. The number of benzene rings is 1. The summed E-state index contributed by atoms with van der Waals surface area (Å²) < 4.78 is 1.61. The fourth-order valence-electron chi connectivity index (χ4n) is 3.42. The number of nitrogen functional groups attached to an aromatic ring is 1. The van der Waals surface area contributed by atoms with Gasteiger partial charge in [0.2, 0.25) is 0 Å². The summed E-state index contributed by atoms with van der Waals surface area (Å²) in [6.45, 7) is 0. The Morgan fingerprint density at radius 2 is 1.81 bits per heavy atom. The summed E-state index contributed by atoms with van der Waals surface area (Å²) in [6, 6.07) is 14.0. The van der Waals surface area contributed by atoms with Gasteiger partial charge in [0.05, 0.1) is 11.9 Å². The first kappa shape index (κ1) is 14.8. The number of Topliss-reactive ketones (excluding diaryl/α,β-unsaturated/α-hetero) is 1. The first-order chi connectivity index (χ1) is 12.7. The Balaban J connectivity index is 1.63. The van der Waals surface area contributed by atoms with E-state index >= 15 is 0 Å². The van der Waals surface area contributed by atoms with Crippen LogP contribution in [0.25, 0.3) is 28.0 Å². The van der Waals surface area contributed by atoms with Crippen molar-refractivity contribution in [2.45, 2.75) is 12.8 Å². The zero-order valence-electron chi connectivity index (χ0n) is 13.9. The second kappa shape index (κ2) is 5.49. The minimum Gasteiger partial charge on any atom is -0.383 e. The van der Waals surface area contributed by atoms with Gasteiger partial charge in [-0.3, -0.25) is 9.78 Å². The van der Waals surface area contributed by atoms with Crippen LogP contribution in [0.1, 0.15) is 22.5 Å². The number of hydrogen-bond donors (Lipinski definition) is 1. The Kier molecular flexibility index (Phi) is 3.12. The second-order valence-electron chi connectivity index (χ2n) is 6.34. The highest BCUT2D eigenvalue weighted by atomic mass is 16.1. The Bertz CT molecular complexity index is 1150. The van der Waals surface area contributed by atoms with Crippen LogP contribution in [-0.4, -0.2) is 25.4 Å². The van der Waals surface area contributed by atoms with Crippen molar-refractivity contribution in [3.8, 4) is 22.4 Å². The predicted molar refractivity (Wildman–Crippen MR) is 98.7 cm³/mol. The molecule has 3 aromatic heterocycles. The molecule has 0 spiro atoms. The third kappa shape index (κ3) is 2.12. The van der Waals surface area contributed by atoms with Gasteiger partial charge in [-0.25, -0.2) is 4.98 Å². The molecule has 0 bridgehead atoms. The number of aromatic nitrogens is 4. The SMILES string of the molecule is Nc1c2c(nc3c(-c4ccc(-c5ccccc5)nc4)cnn13)C(=O)CC2. The lowest BCUT2D eigenvalue weighted by Gasteiger charge is -2.06. The van der Waals surface area contributed by atoms with Crippen molar-refractivity contribution >= 4 is 17.2 Å². The van der Waals surface area contributed by atoms with Crippen molar-refractivity contribution in [3.05, 3.63) is 66.1 Å². The van der Waals surface area contributed by atoms with Crippen LogP contribution >= 0.6 is 0 Å². The van der Waals surface area contributed by atoms with Gasteiger partial charge in [-0.2, -0.15) is 9.61 Å². The summed E-state index contributed by atoms with van der Waals surface area (Å²) in [5.41, 5.74) is 11.7. The molecule has 2 N–H and O–H groups in total. The van der Waals surface area contributed by atoms with Crippen LogP contribution in [0.5, 0.6) is 0 Å². The molecule has 3 heterocycles. The molecular formula is C20H15N5O. The molecule has 0 fully saturated rings. The van der Waals surface area contributed by atoms with Crippen molar-refractivity contribution in [2.24, 2.45) is 0 Å². The number of nitrogens with two attached hydrogens (primary N) is 1. The molecule has 1 aliphatic rings. The van der Waals surface area contributed by atoms with Crippen molar-refractivity contribution in [1.29, 1.82) is 0 Å². The van der Waals surface area contributed by atoms with Gasteiger partial charge in [-0.15, -0.1) is 0 Å². The average molecular weight is 341 g/mol. The third-order valence-corrected chi connectivity index (χ3v) is 4.79. The van der Waals surface area contributed by atoms with E-state index < -0.39 is 0 Å². The Morgan fingerprint density at radius 3 is 2.58 bits per heavy atom. The number of fused-ring (bicyclic) bond motifs is 2. The van der Waals surface area contributed by atoms with E-state index in [-0.39, 0.29) is 5.78 Å². The minimum absolute atomic E-state index is 0.0406. The van der Waals surface area contributed by atoms with E-state index in [1.807, 2.05) is 42.5 Å². The van der Waals surface area contributed by atoms with E-state index in [4.69, 9.17) is 5.73 Å². The Morgan fingerprint density at radius 1 is 0.962 bits per heavy atom. The second-order valence-corrected chi connectivity index (χ2v) is 6.34. The maximum atomic E-state index is 12.1. The number of anilines is 1. The lowest BCUT2D eigenvalue weighted by atomic mass is 10.1. The van der Waals surface area contributed by atoms with Crippen molar-refractivity contribution in [2.75, 3.05) is 5.73 Å². The number of ketones is 1. The van der Waals surface area contributed by atoms with Gasteiger partial charge in [-0.05, 0) is 12.5 Å². The van der Waals surface area contributed by atoms with Gasteiger partial charge in [0.1, 0.15) is 11.5 Å². The summed E-state index contributed by atoms with van der Waals surface area (Å²) in [5, 5.41) is 4.37. The molecular weight excluding hydrogens is 326 g/mol. The van der Waals surface area contributed by atoms with Crippen LogP contribution in [0.15, 0.2) is 54.9 Å². The third-order valence-electron chi connectivity index (χ3n) is 4.79. The Hall–Kier alpha value is -3.54. The van der Waals surface area contributed by atoms with E-state index in [0.717, 1.165) is 27.9 Å². The van der Waals surface area contributed by atoms with Gasteiger partial charge in [0.25, 0.3) is 0 Å². The lowest BCUT2D eigenvalue weighted by molar-refractivity contribution is 0.0990. The largest absolute Gasteiger partial charge is 0.383 e. The highest BCUT2D eigenvalue weighted by Crippen LogP contribution is 2.31. The fourth-order valence-corrected chi connectivity index (χ4v) is 3.42. The molecule has 0 radical (unpaired) electrons. The van der Waals surface area contributed by atoms with Crippen molar-refractivity contribution < 1.29 is 4.79 Å². The topological polar surface area (TPSA) is 86.2 Å². The highest BCUT2D eigenvalue weighted by Gasteiger charge is 2.26. The monoisotopic (exact) mass is 341 g/mol. The summed E-state index contributed by atoms with van der Waals surface area (Å²) in [5.74, 6) is 0.537. The maximum Gasteiger partial charge on any atom is 0.182 e. The van der Waals surface area contributed by atoms with Gasteiger partial charge < -0.3 is 5.73 Å². The minimum atomic E-state index is 0.0406. The molecule has 4 aromatic rings. The maximum absolute atomic E-state index is 12.1. The van der Waals surface area contributed by atoms with E-state index in [2.05, 4.69) is 15.1 Å². The number of rotatable bonds is 2. The zero-order valence-corrected chi connectivity index (χ0v) is 13.9. The van der Waals surface area contributed by atoms with Crippen LogP contribution in [0.3, 0.4) is 0 Å². The van der Waals surface area contributed by atoms with E-state index in [0.29, 0.717) is 30.0 Å². The van der Waals surface area contributed by atoms with Crippen LogP contribution in [0, 0.1) is 0 Å². The molecule has 6 nitrogen and oxygen atoms in total. The standard InChI is InChI=1S/C20H15N5O/c21-19-14-7-9-17(26)18(14)24-20-15(11-23-25(19)20)13-6-8-16(22-10-13)12-4-2-1-3-5-12/h1-6,8,10-11H,7,9,21H2.